The average Bonchev–Trinajstić information content (AvgIpc) is 1.63. The quantitative estimate of drug-likeness (QED) is 0.521. The van der Waals surface area contributed by atoms with E-state index in [0.717, 1.165) is 18.8 Å². The number of thiocyanates is 1. The van der Waals surface area contributed by atoms with E-state index < -0.39 is 0 Å². The molecule has 8 heavy (non-hydrogen) atoms. The van der Waals surface area contributed by atoms with E-state index in [9.17, 15) is 0 Å². The van der Waals surface area contributed by atoms with E-state index in [1.165, 1.54) is 11.8 Å². The molecule has 1 fully saturated rings. The third-order valence-corrected chi connectivity index (χ3v) is 1.79. The van der Waals surface area contributed by atoms with E-state index in [1.54, 1.807) is 0 Å². The average molecular weight is 129 g/mol. The van der Waals surface area contributed by atoms with Crippen LogP contribution in [0.3, 0.4) is 0 Å². The summed E-state index contributed by atoms with van der Waals surface area (Å²) in [7, 11) is 0. The van der Waals surface area contributed by atoms with Crippen LogP contribution in [0.1, 0.15) is 6.42 Å². The lowest BCUT2D eigenvalue weighted by molar-refractivity contribution is -0.0342. The van der Waals surface area contributed by atoms with Gasteiger partial charge in [-0.15, -0.1) is 0 Å². The van der Waals surface area contributed by atoms with Gasteiger partial charge >= 0.3 is 0 Å². The molecule has 0 radical (unpaired) electrons. The van der Waals surface area contributed by atoms with Gasteiger partial charge in [0, 0.05) is 12.4 Å². The second-order valence-corrected chi connectivity index (χ2v) is 2.49. The number of thioether (sulfide) groups is 1. The fourth-order valence-corrected chi connectivity index (χ4v) is 1.07. The van der Waals surface area contributed by atoms with Crippen LogP contribution in [0.5, 0.6) is 0 Å². The van der Waals surface area contributed by atoms with E-state index in [0.29, 0.717) is 6.10 Å². The minimum atomic E-state index is 0.375. The normalized spacial score (nSPS) is 26.1. The van der Waals surface area contributed by atoms with E-state index in [-0.39, 0.29) is 0 Å². The van der Waals surface area contributed by atoms with E-state index in [1.807, 2.05) is 5.40 Å². The molecular formula is C5H7NOS. The second-order valence-electron chi connectivity index (χ2n) is 1.68. The first-order chi connectivity index (χ1) is 3.93. The van der Waals surface area contributed by atoms with E-state index in [2.05, 4.69) is 0 Å². The molecule has 1 aliphatic heterocycles. The zero-order chi connectivity index (χ0) is 5.82. The van der Waals surface area contributed by atoms with Crippen LogP contribution in [0.15, 0.2) is 0 Å². The largest absolute Gasteiger partial charge is 0.377 e. The van der Waals surface area contributed by atoms with Crippen molar-refractivity contribution in [1.29, 1.82) is 5.26 Å². The predicted molar refractivity (Wildman–Crippen MR) is 32.4 cm³/mol. The van der Waals surface area contributed by atoms with Crippen LogP contribution in [0.25, 0.3) is 0 Å². The number of hydrogen-bond donors (Lipinski definition) is 0. The van der Waals surface area contributed by atoms with Crippen molar-refractivity contribution in [2.24, 2.45) is 0 Å². The van der Waals surface area contributed by atoms with Gasteiger partial charge in [0.05, 0.1) is 6.10 Å². The Balaban J connectivity index is 1.95. The maximum atomic E-state index is 8.09. The minimum absolute atomic E-state index is 0.375. The molecule has 0 N–H and O–H groups in total. The molecule has 0 spiro atoms. The topological polar surface area (TPSA) is 33.0 Å². The molecule has 1 unspecified atom stereocenters. The van der Waals surface area contributed by atoms with E-state index >= 15 is 0 Å². The molecular weight excluding hydrogens is 122 g/mol. The van der Waals surface area contributed by atoms with Crippen molar-refractivity contribution < 1.29 is 4.74 Å². The highest BCUT2D eigenvalue weighted by molar-refractivity contribution is 8.03. The molecule has 2 nitrogen and oxygen atoms in total. The molecule has 44 valence electrons. The van der Waals surface area contributed by atoms with Crippen molar-refractivity contribution in [3.63, 3.8) is 0 Å². The first-order valence-electron chi connectivity index (χ1n) is 2.56. The molecule has 1 atom stereocenters. The van der Waals surface area contributed by atoms with Crippen molar-refractivity contribution in [1.82, 2.24) is 0 Å². The summed E-state index contributed by atoms with van der Waals surface area (Å²) in [6.45, 7) is 0.886. The zero-order valence-electron chi connectivity index (χ0n) is 4.46. The Morgan fingerprint density at radius 3 is 3.00 bits per heavy atom. The number of hydrogen-bond acceptors (Lipinski definition) is 3. The van der Waals surface area contributed by atoms with Crippen LogP contribution >= 0.6 is 11.8 Å². The van der Waals surface area contributed by atoms with Crippen LogP contribution in [0.2, 0.25) is 0 Å². The van der Waals surface area contributed by atoms with Gasteiger partial charge in [-0.1, -0.05) is 0 Å². The Bertz CT molecular complexity index is 105. The summed E-state index contributed by atoms with van der Waals surface area (Å²) in [6.07, 6.45) is 1.51. The SMILES string of the molecule is N#CSCC1CCO1. The molecule has 1 rings (SSSR count). The molecule has 1 heterocycles. The lowest BCUT2D eigenvalue weighted by Crippen LogP contribution is -2.28. The maximum absolute atomic E-state index is 8.09. The van der Waals surface area contributed by atoms with Gasteiger partial charge in [0.15, 0.2) is 0 Å². The summed E-state index contributed by atoms with van der Waals surface area (Å²) in [5.41, 5.74) is 0. The van der Waals surface area contributed by atoms with Gasteiger partial charge in [-0.25, -0.2) is 0 Å². The van der Waals surface area contributed by atoms with Crippen LogP contribution in [0, 0.1) is 10.7 Å². The lowest BCUT2D eigenvalue weighted by atomic mass is 10.2. The smallest absolute Gasteiger partial charge is 0.133 e. The van der Waals surface area contributed by atoms with Gasteiger partial charge in [0.2, 0.25) is 0 Å². The molecule has 0 saturated carbocycles. The van der Waals surface area contributed by atoms with Gasteiger partial charge in [-0.2, -0.15) is 5.26 Å². The molecule has 0 aromatic carbocycles. The van der Waals surface area contributed by atoms with Gasteiger partial charge in [-0.3, -0.25) is 0 Å². The monoisotopic (exact) mass is 129 g/mol. The fraction of sp³-hybridized carbons (Fsp3) is 0.800. The summed E-state index contributed by atoms with van der Waals surface area (Å²) >= 11 is 1.27. The third kappa shape index (κ3) is 1.39. The van der Waals surface area contributed by atoms with Crippen LogP contribution < -0.4 is 0 Å². The minimum Gasteiger partial charge on any atom is -0.377 e. The van der Waals surface area contributed by atoms with Crippen LogP contribution in [0.4, 0.5) is 0 Å². The molecule has 0 bridgehead atoms. The highest BCUT2D eigenvalue weighted by atomic mass is 32.2. The Morgan fingerprint density at radius 2 is 2.62 bits per heavy atom. The molecule has 3 heteroatoms. The fourth-order valence-electron chi connectivity index (χ4n) is 0.546. The second kappa shape index (κ2) is 2.95. The first-order valence-corrected chi connectivity index (χ1v) is 3.54. The van der Waals surface area contributed by atoms with Crippen molar-refractivity contribution in [3.05, 3.63) is 0 Å². The van der Waals surface area contributed by atoms with Gasteiger partial charge in [0.1, 0.15) is 5.40 Å². The van der Waals surface area contributed by atoms with E-state index in [4.69, 9.17) is 10.00 Å². The summed E-state index contributed by atoms with van der Waals surface area (Å²) < 4.78 is 5.06. The summed E-state index contributed by atoms with van der Waals surface area (Å²) in [6, 6.07) is 0. The Labute approximate surface area is 52.8 Å². The Hall–Kier alpha value is -0.200. The van der Waals surface area contributed by atoms with Gasteiger partial charge in [-0.05, 0) is 18.2 Å². The molecule has 0 amide bonds. The van der Waals surface area contributed by atoms with Crippen molar-refractivity contribution in [2.45, 2.75) is 12.5 Å². The number of rotatable bonds is 2. The highest BCUT2D eigenvalue weighted by Gasteiger charge is 2.16. The number of nitrogens with zero attached hydrogens (tertiary/aromatic N) is 1. The summed E-state index contributed by atoms with van der Waals surface area (Å²) in [4.78, 5) is 0. The lowest BCUT2D eigenvalue weighted by Gasteiger charge is -2.24. The standard InChI is InChI=1S/C5H7NOS/c6-4-8-3-5-1-2-7-5/h5H,1-3H2. The summed E-state index contributed by atoms with van der Waals surface area (Å²) in [5.74, 6) is 0.844. The Kier molecular flexibility index (Phi) is 2.19. The zero-order valence-corrected chi connectivity index (χ0v) is 5.28. The van der Waals surface area contributed by atoms with Crippen molar-refractivity contribution in [3.8, 4) is 5.40 Å². The number of nitriles is 1. The van der Waals surface area contributed by atoms with Crippen molar-refractivity contribution >= 4 is 11.8 Å². The van der Waals surface area contributed by atoms with Gasteiger partial charge in [0.25, 0.3) is 0 Å². The van der Waals surface area contributed by atoms with Crippen LogP contribution in [-0.4, -0.2) is 18.5 Å². The highest BCUT2D eigenvalue weighted by Crippen LogP contribution is 2.15. The van der Waals surface area contributed by atoms with Gasteiger partial charge < -0.3 is 4.74 Å². The molecule has 1 aliphatic rings. The van der Waals surface area contributed by atoms with Crippen LogP contribution in [-0.2, 0) is 4.74 Å². The van der Waals surface area contributed by atoms with Crippen molar-refractivity contribution in [2.75, 3.05) is 12.4 Å². The first kappa shape index (κ1) is 5.93. The molecule has 0 aliphatic carbocycles. The Morgan fingerprint density at radius 1 is 1.88 bits per heavy atom. The summed E-state index contributed by atoms with van der Waals surface area (Å²) in [5, 5.41) is 10.1. The number of ether oxygens (including phenoxy) is 1. The maximum Gasteiger partial charge on any atom is 0.133 e. The predicted octanol–water partition coefficient (Wildman–Crippen LogP) is 0.990. The molecule has 1 saturated heterocycles. The molecule has 0 aromatic rings. The third-order valence-electron chi connectivity index (χ3n) is 1.13. The molecule has 0 aromatic heterocycles.